The molecule has 0 fully saturated rings. The van der Waals surface area contributed by atoms with Gasteiger partial charge in [-0.1, -0.05) is 0 Å². The Morgan fingerprint density at radius 1 is 1.24 bits per heavy atom. The largest absolute Gasteiger partial charge is 0.461 e. The number of fused-ring (bicyclic) bond motifs is 2. The highest BCUT2D eigenvalue weighted by Crippen LogP contribution is 2.23. The van der Waals surface area contributed by atoms with Crippen molar-refractivity contribution in [2.24, 2.45) is 0 Å². The molecule has 84 valence electrons. The third kappa shape index (κ3) is 1.53. The summed E-state index contributed by atoms with van der Waals surface area (Å²) < 4.78 is 5.76. The van der Waals surface area contributed by atoms with Crippen molar-refractivity contribution in [3.05, 3.63) is 45.3 Å². The first-order valence-electron chi connectivity index (χ1n) is 5.78. The van der Waals surface area contributed by atoms with Gasteiger partial charge in [-0.15, -0.1) is 0 Å². The first-order chi connectivity index (χ1) is 8.29. The van der Waals surface area contributed by atoms with E-state index in [1.807, 2.05) is 6.07 Å². The van der Waals surface area contributed by atoms with Gasteiger partial charge >= 0.3 is 0 Å². The van der Waals surface area contributed by atoms with E-state index in [1.54, 1.807) is 18.2 Å². The van der Waals surface area contributed by atoms with Crippen LogP contribution in [0.3, 0.4) is 0 Å². The van der Waals surface area contributed by atoms with Crippen LogP contribution in [0, 0.1) is 11.3 Å². The smallest absolute Gasteiger partial charge is 0.196 e. The van der Waals surface area contributed by atoms with Gasteiger partial charge in [0, 0.05) is 12.0 Å². The summed E-state index contributed by atoms with van der Waals surface area (Å²) in [5, 5.41) is 9.38. The second-order valence-electron chi connectivity index (χ2n) is 4.36. The molecule has 2 aromatic rings. The first-order valence-corrected chi connectivity index (χ1v) is 5.78. The zero-order valence-electron chi connectivity index (χ0n) is 9.32. The van der Waals surface area contributed by atoms with Crippen LogP contribution in [0.15, 0.2) is 27.4 Å². The molecule has 1 aromatic carbocycles. The van der Waals surface area contributed by atoms with E-state index in [4.69, 9.17) is 9.68 Å². The van der Waals surface area contributed by atoms with Crippen molar-refractivity contribution < 1.29 is 4.42 Å². The van der Waals surface area contributed by atoms with Crippen molar-refractivity contribution >= 4 is 11.0 Å². The molecule has 3 heteroatoms. The fourth-order valence-corrected chi connectivity index (χ4v) is 2.39. The van der Waals surface area contributed by atoms with Gasteiger partial charge in [0.2, 0.25) is 0 Å². The van der Waals surface area contributed by atoms with Crippen molar-refractivity contribution in [3.8, 4) is 6.07 Å². The average Bonchev–Trinajstić information content (AvgIpc) is 2.39. The lowest BCUT2D eigenvalue weighted by Gasteiger charge is -2.14. The molecule has 1 aromatic heterocycles. The molecular weight excluding hydrogens is 214 g/mol. The van der Waals surface area contributed by atoms with E-state index in [-0.39, 0.29) is 5.43 Å². The molecule has 0 aliphatic heterocycles. The fraction of sp³-hybridized carbons (Fsp3) is 0.286. The molecule has 0 amide bonds. The lowest BCUT2D eigenvalue weighted by Crippen LogP contribution is -2.16. The van der Waals surface area contributed by atoms with E-state index >= 15 is 0 Å². The van der Waals surface area contributed by atoms with Gasteiger partial charge in [0.05, 0.1) is 17.0 Å². The van der Waals surface area contributed by atoms with Crippen molar-refractivity contribution in [3.63, 3.8) is 0 Å². The Morgan fingerprint density at radius 2 is 2.06 bits per heavy atom. The molecule has 1 aliphatic rings. The van der Waals surface area contributed by atoms with Crippen LogP contribution in [-0.2, 0) is 12.8 Å². The van der Waals surface area contributed by atoms with Crippen LogP contribution >= 0.6 is 0 Å². The highest BCUT2D eigenvalue weighted by Gasteiger charge is 2.17. The summed E-state index contributed by atoms with van der Waals surface area (Å²) in [7, 11) is 0. The van der Waals surface area contributed by atoms with E-state index in [9.17, 15) is 4.79 Å². The van der Waals surface area contributed by atoms with Crippen LogP contribution in [0.5, 0.6) is 0 Å². The van der Waals surface area contributed by atoms with Gasteiger partial charge < -0.3 is 4.42 Å². The van der Waals surface area contributed by atoms with E-state index in [0.717, 1.165) is 37.0 Å². The SMILES string of the molecule is N#Cc1ccc2oc3c(c(=O)c2c1)CCCC3. The molecule has 0 N–H and O–H groups in total. The summed E-state index contributed by atoms with van der Waals surface area (Å²) in [4.78, 5) is 12.3. The molecule has 0 atom stereocenters. The van der Waals surface area contributed by atoms with Crippen molar-refractivity contribution in [1.82, 2.24) is 0 Å². The monoisotopic (exact) mass is 225 g/mol. The zero-order chi connectivity index (χ0) is 11.8. The topological polar surface area (TPSA) is 54.0 Å². The van der Waals surface area contributed by atoms with Crippen LogP contribution in [0.2, 0.25) is 0 Å². The highest BCUT2D eigenvalue weighted by molar-refractivity contribution is 5.79. The lowest BCUT2D eigenvalue weighted by molar-refractivity contribution is 0.487. The molecule has 17 heavy (non-hydrogen) atoms. The second kappa shape index (κ2) is 3.74. The number of benzene rings is 1. The number of hydrogen-bond donors (Lipinski definition) is 0. The molecule has 0 saturated heterocycles. The Bertz CT molecular complexity index is 692. The first kappa shape index (κ1) is 10.1. The molecule has 0 bridgehead atoms. The lowest BCUT2D eigenvalue weighted by atomic mass is 9.95. The molecule has 0 spiro atoms. The van der Waals surface area contributed by atoms with E-state index < -0.39 is 0 Å². The summed E-state index contributed by atoms with van der Waals surface area (Å²) in [6.07, 6.45) is 3.77. The van der Waals surface area contributed by atoms with Gasteiger partial charge in [0.25, 0.3) is 0 Å². The van der Waals surface area contributed by atoms with Crippen LogP contribution in [0.25, 0.3) is 11.0 Å². The van der Waals surface area contributed by atoms with Crippen molar-refractivity contribution in [2.45, 2.75) is 25.7 Å². The Morgan fingerprint density at radius 3 is 2.88 bits per heavy atom. The maximum atomic E-state index is 12.3. The number of hydrogen-bond acceptors (Lipinski definition) is 3. The van der Waals surface area contributed by atoms with Gasteiger partial charge in [-0.05, 0) is 37.5 Å². The summed E-state index contributed by atoms with van der Waals surface area (Å²) in [6.45, 7) is 0. The van der Waals surface area contributed by atoms with Gasteiger partial charge in [-0.2, -0.15) is 5.26 Å². The minimum atomic E-state index is 0.0399. The molecule has 1 aliphatic carbocycles. The van der Waals surface area contributed by atoms with Crippen LogP contribution in [-0.4, -0.2) is 0 Å². The van der Waals surface area contributed by atoms with Gasteiger partial charge in [-0.25, -0.2) is 0 Å². The highest BCUT2D eigenvalue weighted by atomic mass is 16.3. The third-order valence-corrected chi connectivity index (χ3v) is 3.28. The van der Waals surface area contributed by atoms with Crippen molar-refractivity contribution in [1.29, 1.82) is 5.26 Å². The quantitative estimate of drug-likeness (QED) is 0.692. The average molecular weight is 225 g/mol. The predicted molar refractivity (Wildman–Crippen MR) is 63.8 cm³/mol. The van der Waals surface area contributed by atoms with E-state index in [0.29, 0.717) is 16.5 Å². The normalized spacial score (nSPS) is 14.3. The molecule has 0 saturated carbocycles. The molecule has 3 nitrogen and oxygen atoms in total. The minimum Gasteiger partial charge on any atom is -0.461 e. The third-order valence-electron chi connectivity index (χ3n) is 3.28. The minimum absolute atomic E-state index is 0.0399. The van der Waals surface area contributed by atoms with Crippen LogP contribution < -0.4 is 5.43 Å². The fourth-order valence-electron chi connectivity index (χ4n) is 2.39. The van der Waals surface area contributed by atoms with E-state index in [2.05, 4.69) is 0 Å². The van der Waals surface area contributed by atoms with Gasteiger partial charge in [-0.3, -0.25) is 4.79 Å². The molecule has 1 heterocycles. The molecule has 0 radical (unpaired) electrons. The number of rotatable bonds is 0. The van der Waals surface area contributed by atoms with Crippen LogP contribution in [0.4, 0.5) is 0 Å². The molecule has 0 unspecified atom stereocenters. The van der Waals surface area contributed by atoms with Crippen LogP contribution in [0.1, 0.15) is 29.7 Å². The molecule has 3 rings (SSSR count). The summed E-state index contributed by atoms with van der Waals surface area (Å²) in [5.41, 5.74) is 1.94. The standard InChI is InChI=1S/C14H11NO2/c15-8-9-5-6-13-11(7-9)14(16)10-3-1-2-4-12(10)17-13/h5-7H,1-4H2. The Labute approximate surface area is 98.3 Å². The van der Waals surface area contributed by atoms with Crippen molar-refractivity contribution in [2.75, 3.05) is 0 Å². The maximum Gasteiger partial charge on any atom is 0.196 e. The Hall–Kier alpha value is -2.08. The number of nitrogens with zero attached hydrogens (tertiary/aromatic N) is 1. The second-order valence-corrected chi connectivity index (χ2v) is 4.36. The number of aryl methyl sites for hydroxylation is 1. The van der Waals surface area contributed by atoms with E-state index in [1.165, 1.54) is 0 Å². The maximum absolute atomic E-state index is 12.3. The van der Waals surface area contributed by atoms with Gasteiger partial charge in [0.1, 0.15) is 11.3 Å². The summed E-state index contributed by atoms with van der Waals surface area (Å²) in [5.74, 6) is 0.832. The predicted octanol–water partition coefficient (Wildman–Crippen LogP) is 2.54. The Balaban J connectivity index is 2.37. The number of nitriles is 1. The molecular formula is C14H11NO2. The Kier molecular flexibility index (Phi) is 2.22. The zero-order valence-corrected chi connectivity index (χ0v) is 9.32. The summed E-state index contributed by atoms with van der Waals surface area (Å²) in [6, 6.07) is 7.06. The summed E-state index contributed by atoms with van der Waals surface area (Å²) >= 11 is 0. The van der Waals surface area contributed by atoms with Gasteiger partial charge in [0.15, 0.2) is 5.43 Å².